The van der Waals surface area contributed by atoms with E-state index < -0.39 is 24.1 Å². The van der Waals surface area contributed by atoms with Crippen molar-refractivity contribution >= 4 is 21.9 Å². The summed E-state index contributed by atoms with van der Waals surface area (Å²) in [6, 6.07) is 9.45. The van der Waals surface area contributed by atoms with Crippen molar-refractivity contribution in [3.05, 3.63) is 48.0 Å². The maximum Gasteiger partial charge on any atom is 0.327 e. The Morgan fingerprint density at radius 1 is 1.30 bits per heavy atom. The van der Waals surface area contributed by atoms with Crippen LogP contribution in [0.15, 0.2) is 42.5 Å². The van der Waals surface area contributed by atoms with E-state index in [2.05, 4.69) is 15.9 Å². The molecule has 4 unspecified atom stereocenters. The summed E-state index contributed by atoms with van der Waals surface area (Å²) in [5.74, 6) is -1.44. The van der Waals surface area contributed by atoms with Crippen LogP contribution in [-0.2, 0) is 4.79 Å². The molecule has 0 aliphatic carbocycles. The van der Waals surface area contributed by atoms with Crippen molar-refractivity contribution in [1.82, 2.24) is 0 Å². The first-order valence-electron chi connectivity index (χ1n) is 6.38. The maximum atomic E-state index is 10.4. The van der Waals surface area contributed by atoms with Crippen molar-refractivity contribution in [3.8, 4) is 0 Å². The number of alkyl halides is 1. The van der Waals surface area contributed by atoms with Crippen molar-refractivity contribution < 1.29 is 20.1 Å². The molecule has 0 radical (unpaired) electrons. The summed E-state index contributed by atoms with van der Waals surface area (Å²) in [5, 5.41) is 28.7. The number of carboxylic acids is 1. The lowest BCUT2D eigenvalue weighted by Crippen LogP contribution is -2.32. The van der Waals surface area contributed by atoms with Gasteiger partial charge in [-0.2, -0.15) is 0 Å². The Labute approximate surface area is 126 Å². The summed E-state index contributed by atoms with van der Waals surface area (Å²) in [6.45, 7) is 1.74. The van der Waals surface area contributed by atoms with Gasteiger partial charge in [0.2, 0.25) is 0 Å². The lowest BCUT2D eigenvalue weighted by Gasteiger charge is -2.27. The second kappa shape index (κ2) is 8.19. The fourth-order valence-corrected chi connectivity index (χ4v) is 2.64. The van der Waals surface area contributed by atoms with E-state index in [4.69, 9.17) is 5.11 Å². The molecule has 0 spiro atoms. The Morgan fingerprint density at radius 3 is 2.45 bits per heavy atom. The van der Waals surface area contributed by atoms with Crippen molar-refractivity contribution in [3.63, 3.8) is 0 Å². The Morgan fingerprint density at radius 2 is 1.90 bits per heavy atom. The van der Waals surface area contributed by atoms with Gasteiger partial charge in [-0.15, -0.1) is 0 Å². The molecule has 1 aromatic carbocycles. The van der Waals surface area contributed by atoms with Gasteiger partial charge in [0.25, 0.3) is 0 Å². The van der Waals surface area contributed by atoms with Gasteiger partial charge in [0, 0.05) is 12.0 Å². The normalized spacial score (nSPS) is 17.6. The highest BCUT2D eigenvalue weighted by molar-refractivity contribution is 9.09. The first kappa shape index (κ1) is 16.9. The molecule has 0 bridgehead atoms. The number of aliphatic hydroxyl groups excluding tert-OH is 2. The second-order valence-electron chi connectivity index (χ2n) is 4.71. The number of aliphatic hydroxyl groups is 2. The van der Waals surface area contributed by atoms with E-state index in [1.807, 2.05) is 30.3 Å². The average molecular weight is 343 g/mol. The van der Waals surface area contributed by atoms with Crippen LogP contribution in [-0.4, -0.2) is 33.5 Å². The Balaban J connectivity index is 2.61. The maximum absolute atomic E-state index is 10.4. The van der Waals surface area contributed by atoms with Crippen LogP contribution in [0.3, 0.4) is 0 Å². The van der Waals surface area contributed by atoms with Gasteiger partial charge in [0.1, 0.15) is 0 Å². The second-order valence-corrected chi connectivity index (χ2v) is 5.69. The molecule has 0 amide bonds. The highest BCUT2D eigenvalue weighted by atomic mass is 79.9. The predicted octanol–water partition coefficient (Wildman–Crippen LogP) is 2.51. The van der Waals surface area contributed by atoms with Gasteiger partial charge in [-0.25, -0.2) is 4.79 Å². The first-order valence-corrected chi connectivity index (χ1v) is 7.29. The van der Waals surface area contributed by atoms with E-state index in [1.165, 1.54) is 6.08 Å². The smallest absolute Gasteiger partial charge is 0.327 e. The molecule has 1 rings (SSSR count). The van der Waals surface area contributed by atoms with Gasteiger partial charge < -0.3 is 15.3 Å². The van der Waals surface area contributed by atoms with E-state index >= 15 is 0 Å². The molecule has 4 atom stereocenters. The summed E-state index contributed by atoms with van der Waals surface area (Å²) in [7, 11) is 0. The summed E-state index contributed by atoms with van der Waals surface area (Å²) in [5.41, 5.74) is 0.931. The summed E-state index contributed by atoms with van der Waals surface area (Å²) in [4.78, 5) is 10.1. The zero-order valence-electron chi connectivity index (χ0n) is 11.2. The molecule has 110 valence electrons. The summed E-state index contributed by atoms with van der Waals surface area (Å²) in [6.07, 6.45) is 1.00. The van der Waals surface area contributed by atoms with Crippen LogP contribution < -0.4 is 0 Å². The van der Waals surface area contributed by atoms with Gasteiger partial charge in [0.05, 0.1) is 17.0 Å². The van der Waals surface area contributed by atoms with Crippen molar-refractivity contribution in [1.29, 1.82) is 0 Å². The molecule has 4 nitrogen and oxygen atoms in total. The Hall–Kier alpha value is -1.17. The van der Waals surface area contributed by atoms with E-state index in [1.54, 1.807) is 6.92 Å². The van der Waals surface area contributed by atoms with Crippen LogP contribution in [0.2, 0.25) is 0 Å². The molecule has 3 N–H and O–H groups in total. The predicted molar refractivity (Wildman–Crippen MR) is 80.7 cm³/mol. The number of carbonyl (C=O) groups is 1. The monoisotopic (exact) mass is 342 g/mol. The fraction of sp³-hybridized carbons (Fsp3) is 0.400. The topological polar surface area (TPSA) is 77.8 Å². The molecule has 0 fully saturated rings. The molecule has 0 saturated heterocycles. The van der Waals surface area contributed by atoms with E-state index in [0.29, 0.717) is 0 Å². The number of aliphatic carboxylic acids is 1. The van der Waals surface area contributed by atoms with E-state index in [0.717, 1.165) is 11.6 Å². The third kappa shape index (κ3) is 5.07. The van der Waals surface area contributed by atoms with Gasteiger partial charge >= 0.3 is 5.97 Å². The van der Waals surface area contributed by atoms with Crippen LogP contribution in [0.5, 0.6) is 0 Å². The minimum Gasteiger partial charge on any atom is -0.478 e. The number of hydrogen-bond acceptors (Lipinski definition) is 3. The Kier molecular flexibility index (Phi) is 6.91. The van der Waals surface area contributed by atoms with Crippen molar-refractivity contribution in [2.45, 2.75) is 30.4 Å². The number of benzene rings is 1. The molecule has 0 aliphatic rings. The first-order chi connectivity index (χ1) is 9.43. The summed E-state index contributed by atoms with van der Waals surface area (Å²) >= 11 is 3.44. The third-order valence-electron chi connectivity index (χ3n) is 3.20. The van der Waals surface area contributed by atoms with E-state index in [-0.39, 0.29) is 11.2 Å². The van der Waals surface area contributed by atoms with Gasteiger partial charge in [-0.1, -0.05) is 59.3 Å². The zero-order valence-corrected chi connectivity index (χ0v) is 12.8. The standard InChI is InChI=1S/C15H19BrO4/c1-10(12(17)8-5-9-13(18)19)15(20)14(16)11-6-3-2-4-7-11/h2-7,9-10,12,14-15,17,20H,8H2,1H3,(H,18,19)/b9-5+. The molecule has 5 heteroatoms. The minimum absolute atomic E-state index is 0.193. The molecule has 0 aliphatic heterocycles. The number of hydrogen-bond donors (Lipinski definition) is 3. The molecule has 0 saturated carbocycles. The molecular formula is C15H19BrO4. The zero-order chi connectivity index (χ0) is 15.1. The van der Waals surface area contributed by atoms with Gasteiger partial charge in [-0.05, 0) is 12.0 Å². The third-order valence-corrected chi connectivity index (χ3v) is 4.27. The number of rotatable bonds is 7. The SMILES string of the molecule is CC(C(O)C/C=C/C(=O)O)C(O)C(Br)c1ccccc1. The molecular weight excluding hydrogens is 324 g/mol. The number of carboxylic acid groups (broad SMARTS) is 1. The molecule has 0 heterocycles. The highest BCUT2D eigenvalue weighted by Gasteiger charge is 2.28. The average Bonchev–Trinajstić information content (AvgIpc) is 2.45. The van der Waals surface area contributed by atoms with Gasteiger partial charge in [0.15, 0.2) is 0 Å². The fourth-order valence-electron chi connectivity index (χ4n) is 1.85. The van der Waals surface area contributed by atoms with Crippen LogP contribution >= 0.6 is 15.9 Å². The largest absolute Gasteiger partial charge is 0.478 e. The van der Waals surface area contributed by atoms with Gasteiger partial charge in [-0.3, -0.25) is 0 Å². The number of halogens is 1. The van der Waals surface area contributed by atoms with E-state index in [9.17, 15) is 15.0 Å². The van der Waals surface area contributed by atoms with Crippen molar-refractivity contribution in [2.24, 2.45) is 5.92 Å². The van der Waals surface area contributed by atoms with Crippen LogP contribution in [0.1, 0.15) is 23.7 Å². The quantitative estimate of drug-likeness (QED) is 0.525. The minimum atomic E-state index is -1.05. The lowest BCUT2D eigenvalue weighted by atomic mass is 9.91. The molecule has 0 aromatic heterocycles. The summed E-state index contributed by atoms with van der Waals surface area (Å²) < 4.78 is 0. The molecule has 20 heavy (non-hydrogen) atoms. The highest BCUT2D eigenvalue weighted by Crippen LogP contribution is 2.31. The lowest BCUT2D eigenvalue weighted by molar-refractivity contribution is -0.131. The van der Waals surface area contributed by atoms with Crippen LogP contribution in [0.4, 0.5) is 0 Å². The van der Waals surface area contributed by atoms with Crippen molar-refractivity contribution in [2.75, 3.05) is 0 Å². The molecule has 1 aromatic rings. The van der Waals surface area contributed by atoms with Crippen LogP contribution in [0, 0.1) is 5.92 Å². The Bertz CT molecular complexity index is 446. The van der Waals surface area contributed by atoms with Crippen LogP contribution in [0.25, 0.3) is 0 Å².